The molecule has 0 saturated heterocycles. The van der Waals surface area contributed by atoms with E-state index in [-0.39, 0.29) is 17.6 Å². The average Bonchev–Trinajstić information content (AvgIpc) is 3.40. The number of aromatic amines is 1. The molecule has 0 amide bonds. The summed E-state index contributed by atoms with van der Waals surface area (Å²) in [7, 11) is 0. The van der Waals surface area contributed by atoms with Gasteiger partial charge in [-0.15, -0.1) is 10.2 Å². The van der Waals surface area contributed by atoms with Crippen molar-refractivity contribution in [3.8, 4) is 11.5 Å². The fourth-order valence-electron chi connectivity index (χ4n) is 3.24. The van der Waals surface area contributed by atoms with Crippen LogP contribution in [-0.2, 0) is 0 Å². The summed E-state index contributed by atoms with van der Waals surface area (Å²) in [5.74, 6) is 1.65. The number of fused-ring (bicyclic) bond motifs is 2. The zero-order valence-electron chi connectivity index (χ0n) is 15.5. The number of ether oxygens (including phenoxy) is 2. The van der Waals surface area contributed by atoms with Crippen molar-refractivity contribution in [1.82, 2.24) is 15.2 Å². The zero-order chi connectivity index (χ0) is 19.8. The van der Waals surface area contributed by atoms with Gasteiger partial charge in [0.2, 0.25) is 6.10 Å². The molecule has 5 rings (SSSR count). The molecule has 0 fully saturated rings. The Labute approximate surface area is 170 Å². The standard InChI is InChI=1S/C21H17N3O4S/c1-12(19(25)14-10-22-15-7-3-2-6-13(14)15)29-21-24-23-20(28-21)18-11-26-16-8-4-5-9-17(16)27-18/h2-10,12,18,22H,11H2,1H3. The molecule has 1 aliphatic heterocycles. The first-order valence-corrected chi connectivity index (χ1v) is 10.1. The molecule has 7 nitrogen and oxygen atoms in total. The fraction of sp³-hybridized carbons (Fsp3) is 0.190. The van der Waals surface area contributed by atoms with Gasteiger partial charge < -0.3 is 18.9 Å². The third-order valence-electron chi connectivity index (χ3n) is 4.71. The number of thioether (sulfide) groups is 1. The SMILES string of the molecule is CC(Sc1nnc(C2COc3ccccc3O2)o1)C(=O)c1c[nH]c2ccccc12. The number of rotatable bonds is 5. The van der Waals surface area contributed by atoms with Crippen molar-refractivity contribution in [2.45, 2.75) is 23.5 Å². The lowest BCUT2D eigenvalue weighted by Gasteiger charge is -2.23. The minimum atomic E-state index is -0.480. The summed E-state index contributed by atoms with van der Waals surface area (Å²) in [5, 5.41) is 8.99. The smallest absolute Gasteiger partial charge is 0.277 e. The zero-order valence-corrected chi connectivity index (χ0v) is 16.3. The lowest BCUT2D eigenvalue weighted by Crippen LogP contribution is -2.21. The normalized spacial score (nSPS) is 16.7. The van der Waals surface area contributed by atoms with Crippen LogP contribution in [0.4, 0.5) is 0 Å². The summed E-state index contributed by atoms with van der Waals surface area (Å²) >= 11 is 1.23. The number of hydrogen-bond acceptors (Lipinski definition) is 7. The second-order valence-corrected chi connectivity index (χ2v) is 7.93. The Kier molecular flexibility index (Phi) is 4.48. The van der Waals surface area contributed by atoms with Crippen LogP contribution < -0.4 is 9.47 Å². The van der Waals surface area contributed by atoms with Gasteiger partial charge in [0.25, 0.3) is 11.1 Å². The van der Waals surface area contributed by atoms with Crippen molar-refractivity contribution in [3.63, 3.8) is 0 Å². The van der Waals surface area contributed by atoms with Crippen LogP contribution in [0.5, 0.6) is 11.5 Å². The molecular weight excluding hydrogens is 390 g/mol. The molecule has 0 saturated carbocycles. The van der Waals surface area contributed by atoms with Crippen LogP contribution in [0.15, 0.2) is 64.4 Å². The number of para-hydroxylation sites is 3. The number of benzene rings is 2. The number of H-pyrrole nitrogens is 1. The summed E-state index contributed by atoms with van der Waals surface area (Å²) < 4.78 is 17.3. The molecule has 29 heavy (non-hydrogen) atoms. The van der Waals surface area contributed by atoms with E-state index < -0.39 is 6.10 Å². The van der Waals surface area contributed by atoms with Gasteiger partial charge in [0, 0.05) is 22.7 Å². The van der Waals surface area contributed by atoms with Gasteiger partial charge in [-0.2, -0.15) is 0 Å². The molecule has 3 heterocycles. The van der Waals surface area contributed by atoms with E-state index >= 15 is 0 Å². The molecule has 0 radical (unpaired) electrons. The van der Waals surface area contributed by atoms with Gasteiger partial charge in [0.1, 0.15) is 6.61 Å². The van der Waals surface area contributed by atoms with Crippen molar-refractivity contribution < 1.29 is 18.7 Å². The maximum absolute atomic E-state index is 12.9. The minimum Gasteiger partial charge on any atom is -0.485 e. The molecule has 2 atom stereocenters. The van der Waals surface area contributed by atoms with Crippen LogP contribution in [-0.4, -0.2) is 32.8 Å². The third-order valence-corrected chi connectivity index (χ3v) is 5.64. The van der Waals surface area contributed by atoms with Crippen molar-refractivity contribution >= 4 is 28.4 Å². The average molecular weight is 407 g/mol. The number of nitrogens with one attached hydrogen (secondary N) is 1. The number of nitrogens with zero attached hydrogens (tertiary/aromatic N) is 2. The van der Waals surface area contributed by atoms with Gasteiger partial charge in [0.05, 0.1) is 5.25 Å². The fourth-order valence-corrected chi connectivity index (χ4v) is 4.00. The Balaban J connectivity index is 1.29. The second-order valence-electron chi connectivity index (χ2n) is 6.64. The molecule has 2 unspecified atom stereocenters. The van der Waals surface area contributed by atoms with Crippen LogP contribution in [0.2, 0.25) is 0 Å². The summed E-state index contributed by atoms with van der Waals surface area (Å²) in [6, 6.07) is 15.2. The summed E-state index contributed by atoms with van der Waals surface area (Å²) in [6.45, 7) is 2.11. The van der Waals surface area contributed by atoms with E-state index in [2.05, 4.69) is 15.2 Å². The van der Waals surface area contributed by atoms with E-state index in [1.165, 1.54) is 11.8 Å². The first-order chi connectivity index (χ1) is 14.2. The molecule has 2 aromatic heterocycles. The highest BCUT2D eigenvalue weighted by molar-refractivity contribution is 8.00. The lowest BCUT2D eigenvalue weighted by atomic mass is 10.1. The van der Waals surface area contributed by atoms with Gasteiger partial charge in [-0.25, -0.2) is 0 Å². The predicted molar refractivity (Wildman–Crippen MR) is 108 cm³/mol. The molecule has 0 spiro atoms. The lowest BCUT2D eigenvalue weighted by molar-refractivity contribution is 0.0686. The van der Waals surface area contributed by atoms with Crippen molar-refractivity contribution in [2.24, 2.45) is 0 Å². The van der Waals surface area contributed by atoms with Gasteiger partial charge in [-0.3, -0.25) is 4.79 Å². The van der Waals surface area contributed by atoms with Gasteiger partial charge in [-0.1, -0.05) is 42.1 Å². The van der Waals surface area contributed by atoms with E-state index in [0.717, 1.165) is 10.9 Å². The molecule has 1 N–H and O–H groups in total. The Morgan fingerprint density at radius 2 is 1.93 bits per heavy atom. The number of Topliss-reactive ketones (excluding diaryl/α,β-unsaturated/α-hetero) is 1. The molecule has 0 aliphatic carbocycles. The van der Waals surface area contributed by atoms with Gasteiger partial charge >= 0.3 is 0 Å². The summed E-state index contributed by atoms with van der Waals surface area (Å²) in [5.41, 5.74) is 1.59. The Morgan fingerprint density at radius 1 is 1.14 bits per heavy atom. The highest BCUT2D eigenvalue weighted by atomic mass is 32.2. The largest absolute Gasteiger partial charge is 0.485 e. The number of aromatic nitrogens is 3. The Hall–Kier alpha value is -3.26. The second kappa shape index (κ2) is 7.29. The van der Waals surface area contributed by atoms with Crippen LogP contribution in [0.25, 0.3) is 10.9 Å². The number of ketones is 1. The highest BCUT2D eigenvalue weighted by Gasteiger charge is 2.28. The van der Waals surface area contributed by atoms with Crippen molar-refractivity contribution in [3.05, 3.63) is 66.2 Å². The number of carbonyl (C=O) groups excluding carboxylic acids is 1. The number of carbonyl (C=O) groups is 1. The molecule has 8 heteroatoms. The molecule has 0 bridgehead atoms. The predicted octanol–water partition coefficient (Wildman–Crippen LogP) is 4.43. The van der Waals surface area contributed by atoms with E-state index in [1.807, 2.05) is 55.5 Å². The summed E-state index contributed by atoms with van der Waals surface area (Å²) in [6.07, 6.45) is 1.26. The van der Waals surface area contributed by atoms with E-state index in [0.29, 0.717) is 28.2 Å². The molecule has 2 aromatic carbocycles. The Morgan fingerprint density at radius 3 is 2.83 bits per heavy atom. The third kappa shape index (κ3) is 3.36. The van der Waals surface area contributed by atoms with Crippen LogP contribution in [0.3, 0.4) is 0 Å². The van der Waals surface area contributed by atoms with E-state index in [4.69, 9.17) is 13.9 Å². The minimum absolute atomic E-state index is 0.00150. The van der Waals surface area contributed by atoms with Gasteiger partial charge in [-0.05, 0) is 25.1 Å². The molecule has 1 aliphatic rings. The van der Waals surface area contributed by atoms with Crippen molar-refractivity contribution in [1.29, 1.82) is 0 Å². The first kappa shape index (κ1) is 17.8. The van der Waals surface area contributed by atoms with E-state index in [1.54, 1.807) is 6.20 Å². The molecule has 4 aromatic rings. The van der Waals surface area contributed by atoms with E-state index in [9.17, 15) is 4.79 Å². The Bertz CT molecular complexity index is 1190. The van der Waals surface area contributed by atoms with Crippen molar-refractivity contribution in [2.75, 3.05) is 6.61 Å². The first-order valence-electron chi connectivity index (χ1n) is 9.18. The maximum Gasteiger partial charge on any atom is 0.277 e. The quantitative estimate of drug-likeness (QED) is 0.387. The van der Waals surface area contributed by atoms with Crippen LogP contribution in [0.1, 0.15) is 29.3 Å². The monoisotopic (exact) mass is 407 g/mol. The van der Waals surface area contributed by atoms with Gasteiger partial charge in [0.15, 0.2) is 17.3 Å². The number of hydrogen-bond donors (Lipinski definition) is 1. The topological polar surface area (TPSA) is 90.2 Å². The highest BCUT2D eigenvalue weighted by Crippen LogP contribution is 2.36. The maximum atomic E-state index is 12.9. The van der Waals surface area contributed by atoms with Crippen LogP contribution in [0, 0.1) is 0 Å². The summed E-state index contributed by atoms with van der Waals surface area (Å²) in [4.78, 5) is 16.0. The van der Waals surface area contributed by atoms with Crippen LogP contribution >= 0.6 is 11.8 Å². The molecular formula is C21H17N3O4S. The molecule has 146 valence electrons.